The van der Waals surface area contributed by atoms with E-state index in [1.54, 1.807) is 48.5 Å². The van der Waals surface area contributed by atoms with Crippen molar-refractivity contribution in [3.05, 3.63) is 88.5 Å². The number of anilines is 2. The maximum atomic E-state index is 12.2. The molecule has 0 saturated carbocycles. The van der Waals surface area contributed by atoms with E-state index in [4.69, 9.17) is 26.4 Å². The maximum absolute atomic E-state index is 12.2. The van der Waals surface area contributed by atoms with Crippen LogP contribution >= 0.6 is 0 Å². The number of nitro groups is 1. The van der Waals surface area contributed by atoms with Crippen LogP contribution in [-0.2, 0) is 0 Å². The normalized spacial score (nSPS) is 11.3. The summed E-state index contributed by atoms with van der Waals surface area (Å²) in [5, 5.41) is 18.5. The van der Waals surface area contributed by atoms with Crippen molar-refractivity contribution in [1.29, 1.82) is 5.41 Å². The molecule has 0 aliphatic rings. The monoisotopic (exact) mass is 449 g/mol. The molecule has 0 radical (unpaired) electrons. The van der Waals surface area contributed by atoms with E-state index in [9.17, 15) is 14.9 Å². The van der Waals surface area contributed by atoms with Gasteiger partial charge in [0.15, 0.2) is 0 Å². The van der Waals surface area contributed by atoms with Gasteiger partial charge in [0, 0.05) is 30.2 Å². The molecule has 2 amide bonds. The van der Waals surface area contributed by atoms with Crippen LogP contribution < -0.4 is 25.8 Å². The van der Waals surface area contributed by atoms with Gasteiger partial charge in [0.05, 0.1) is 16.3 Å². The van der Waals surface area contributed by atoms with Crippen LogP contribution in [0, 0.1) is 15.5 Å². The summed E-state index contributed by atoms with van der Waals surface area (Å²) in [4.78, 5) is 23.8. The SMILES string of the molecule is CCC(Oc1cccc(C(=N)N)c1)Oc1cccc(N(C(N)=O)c2ccc([N+](=O)[O-])cc2)c1. The van der Waals surface area contributed by atoms with Gasteiger partial charge in [-0.15, -0.1) is 0 Å². The highest BCUT2D eigenvalue weighted by Gasteiger charge is 2.18. The molecule has 33 heavy (non-hydrogen) atoms. The molecule has 0 bridgehead atoms. The Labute approximate surface area is 190 Å². The molecule has 3 rings (SSSR count). The fraction of sp³-hybridized carbons (Fsp3) is 0.130. The largest absolute Gasteiger partial charge is 0.455 e. The number of non-ortho nitro benzene ring substituents is 1. The Morgan fingerprint density at radius 3 is 2.15 bits per heavy atom. The minimum Gasteiger partial charge on any atom is -0.455 e. The first-order chi connectivity index (χ1) is 15.8. The highest BCUT2D eigenvalue weighted by atomic mass is 16.7. The maximum Gasteiger partial charge on any atom is 0.323 e. The number of primary amides is 1. The Balaban J connectivity index is 1.81. The van der Waals surface area contributed by atoms with Crippen molar-refractivity contribution in [1.82, 2.24) is 0 Å². The van der Waals surface area contributed by atoms with Crippen molar-refractivity contribution in [2.75, 3.05) is 4.90 Å². The fourth-order valence-electron chi connectivity index (χ4n) is 3.05. The summed E-state index contributed by atoms with van der Waals surface area (Å²) in [6, 6.07) is 18.2. The van der Waals surface area contributed by atoms with Gasteiger partial charge >= 0.3 is 6.03 Å². The highest BCUT2D eigenvalue weighted by molar-refractivity contribution is 5.98. The van der Waals surface area contributed by atoms with E-state index in [1.165, 1.54) is 29.2 Å². The van der Waals surface area contributed by atoms with E-state index in [1.807, 2.05) is 6.92 Å². The second-order valence-electron chi connectivity index (χ2n) is 6.96. The zero-order valence-electron chi connectivity index (χ0n) is 17.8. The van der Waals surface area contributed by atoms with Gasteiger partial charge in [-0.25, -0.2) is 4.79 Å². The first-order valence-electron chi connectivity index (χ1n) is 10.0. The van der Waals surface area contributed by atoms with Crippen molar-refractivity contribution in [2.45, 2.75) is 19.6 Å². The molecular formula is C23H23N5O5. The smallest absolute Gasteiger partial charge is 0.323 e. The summed E-state index contributed by atoms with van der Waals surface area (Å²) in [7, 11) is 0. The number of carbonyl (C=O) groups is 1. The van der Waals surface area contributed by atoms with Crippen molar-refractivity contribution >= 4 is 28.9 Å². The average Bonchev–Trinajstić information content (AvgIpc) is 2.79. The molecule has 0 heterocycles. The van der Waals surface area contributed by atoms with Gasteiger partial charge < -0.3 is 20.9 Å². The van der Waals surface area contributed by atoms with E-state index in [2.05, 4.69) is 0 Å². The van der Waals surface area contributed by atoms with Crippen LogP contribution in [-0.4, -0.2) is 23.1 Å². The molecule has 10 nitrogen and oxygen atoms in total. The summed E-state index contributed by atoms with van der Waals surface area (Å²) in [5.41, 5.74) is 12.3. The summed E-state index contributed by atoms with van der Waals surface area (Å²) >= 11 is 0. The number of amides is 2. The fourth-order valence-corrected chi connectivity index (χ4v) is 3.05. The number of carbonyl (C=O) groups excluding carboxylic acids is 1. The van der Waals surface area contributed by atoms with Crippen LogP contribution in [0.4, 0.5) is 21.9 Å². The molecule has 170 valence electrons. The number of rotatable bonds is 9. The van der Waals surface area contributed by atoms with Crippen molar-refractivity contribution in [3.8, 4) is 11.5 Å². The molecule has 1 unspecified atom stereocenters. The molecule has 0 aliphatic carbocycles. The van der Waals surface area contributed by atoms with Gasteiger partial charge in [0.2, 0.25) is 6.29 Å². The topological polar surface area (TPSA) is 158 Å². The molecule has 5 N–H and O–H groups in total. The van der Waals surface area contributed by atoms with Crippen molar-refractivity contribution in [2.24, 2.45) is 11.5 Å². The zero-order valence-corrected chi connectivity index (χ0v) is 17.8. The third kappa shape index (κ3) is 5.76. The number of benzene rings is 3. The third-order valence-electron chi connectivity index (χ3n) is 4.63. The van der Waals surface area contributed by atoms with E-state index in [0.29, 0.717) is 34.9 Å². The molecule has 1 atom stereocenters. The summed E-state index contributed by atoms with van der Waals surface area (Å²) in [6.45, 7) is 1.88. The number of amidine groups is 1. The molecule has 0 aliphatic heterocycles. The van der Waals surface area contributed by atoms with Gasteiger partial charge in [0.1, 0.15) is 17.3 Å². The Kier molecular flexibility index (Phi) is 7.09. The lowest BCUT2D eigenvalue weighted by atomic mass is 10.2. The molecule has 0 aromatic heterocycles. The first-order valence-corrected chi connectivity index (χ1v) is 10.0. The predicted molar refractivity (Wildman–Crippen MR) is 124 cm³/mol. The number of nitrogens with zero attached hydrogens (tertiary/aromatic N) is 2. The van der Waals surface area contributed by atoms with E-state index in [0.717, 1.165) is 0 Å². The standard InChI is InChI=1S/C23H23N5O5/c1-2-21(32-19-7-3-5-15(13-19)22(24)25)33-20-8-4-6-18(14-20)27(23(26)29)16-9-11-17(12-10-16)28(30)31/h3-14,21H,2H2,1H3,(H3,24,25)(H2,26,29). The Morgan fingerprint density at radius 1 is 1.00 bits per heavy atom. The number of nitrogen functional groups attached to an aromatic ring is 1. The van der Waals surface area contributed by atoms with Crippen LogP contribution in [0.3, 0.4) is 0 Å². The summed E-state index contributed by atoms with van der Waals surface area (Å²) in [6.07, 6.45) is -0.139. The zero-order chi connectivity index (χ0) is 24.0. The van der Waals surface area contributed by atoms with Crippen LogP contribution in [0.2, 0.25) is 0 Å². The van der Waals surface area contributed by atoms with E-state index in [-0.39, 0.29) is 11.5 Å². The second kappa shape index (κ2) is 10.1. The van der Waals surface area contributed by atoms with Crippen LogP contribution in [0.1, 0.15) is 18.9 Å². The number of hydrogen-bond acceptors (Lipinski definition) is 6. The quantitative estimate of drug-likeness (QED) is 0.145. The molecule has 10 heteroatoms. The number of hydrogen-bond donors (Lipinski definition) is 3. The van der Waals surface area contributed by atoms with Crippen LogP contribution in [0.5, 0.6) is 11.5 Å². The van der Waals surface area contributed by atoms with Crippen LogP contribution in [0.25, 0.3) is 0 Å². The molecule has 0 fully saturated rings. The molecule has 3 aromatic rings. The van der Waals surface area contributed by atoms with Gasteiger partial charge in [-0.3, -0.25) is 20.4 Å². The van der Waals surface area contributed by atoms with Gasteiger partial charge in [-0.1, -0.05) is 25.1 Å². The van der Waals surface area contributed by atoms with Crippen molar-refractivity contribution in [3.63, 3.8) is 0 Å². The first kappa shape index (κ1) is 23.1. The molecule has 0 spiro atoms. The minimum absolute atomic E-state index is 0.0695. The van der Waals surface area contributed by atoms with Gasteiger partial charge in [0.25, 0.3) is 5.69 Å². The third-order valence-corrected chi connectivity index (χ3v) is 4.63. The molecular weight excluding hydrogens is 426 g/mol. The Hall–Kier alpha value is -4.60. The lowest BCUT2D eigenvalue weighted by molar-refractivity contribution is -0.384. The van der Waals surface area contributed by atoms with Crippen molar-refractivity contribution < 1.29 is 19.2 Å². The van der Waals surface area contributed by atoms with E-state index < -0.39 is 17.2 Å². The lowest BCUT2D eigenvalue weighted by Crippen LogP contribution is -2.31. The Bertz CT molecular complexity index is 1170. The highest BCUT2D eigenvalue weighted by Crippen LogP contribution is 2.30. The number of nitrogens with one attached hydrogen (secondary N) is 1. The van der Waals surface area contributed by atoms with Gasteiger partial charge in [-0.05, 0) is 36.4 Å². The molecule has 3 aromatic carbocycles. The van der Waals surface area contributed by atoms with Crippen LogP contribution in [0.15, 0.2) is 72.8 Å². The second-order valence-corrected chi connectivity index (χ2v) is 6.96. The summed E-state index contributed by atoms with van der Waals surface area (Å²) in [5.74, 6) is 0.852. The Morgan fingerprint density at radius 2 is 1.61 bits per heavy atom. The molecule has 0 saturated heterocycles. The van der Waals surface area contributed by atoms with E-state index >= 15 is 0 Å². The summed E-state index contributed by atoms with van der Waals surface area (Å²) < 4.78 is 11.8. The minimum atomic E-state index is -0.759. The predicted octanol–water partition coefficient (Wildman–Crippen LogP) is 4.29. The average molecular weight is 449 g/mol. The number of nitrogens with two attached hydrogens (primary N) is 2. The lowest BCUT2D eigenvalue weighted by Gasteiger charge is -2.23. The van der Waals surface area contributed by atoms with Gasteiger partial charge in [-0.2, -0.15) is 0 Å². The number of ether oxygens (including phenoxy) is 2. The number of urea groups is 1. The number of nitro benzene ring substituents is 1.